The molecule has 0 bridgehead atoms. The number of nitrogens with one attached hydrogen (secondary N) is 4. The lowest BCUT2D eigenvalue weighted by Crippen LogP contribution is -2.32. The van der Waals surface area contributed by atoms with E-state index in [-0.39, 0.29) is 76.5 Å². The van der Waals surface area contributed by atoms with Gasteiger partial charge < -0.3 is 59.2 Å². The van der Waals surface area contributed by atoms with Gasteiger partial charge in [-0.15, -0.1) is 0 Å². The van der Waals surface area contributed by atoms with Crippen LogP contribution in [0.1, 0.15) is 20.3 Å². The molecule has 0 aliphatic carbocycles. The molecule has 0 aromatic carbocycles. The van der Waals surface area contributed by atoms with E-state index in [1.54, 1.807) is 0 Å². The van der Waals surface area contributed by atoms with Crippen LogP contribution < -0.4 is 21.3 Å². The van der Waals surface area contributed by atoms with Crippen LogP contribution in [-0.2, 0) is 57.1 Å². The second-order valence-corrected chi connectivity index (χ2v) is 8.66. The molecule has 0 saturated carbocycles. The van der Waals surface area contributed by atoms with Crippen molar-refractivity contribution in [3.63, 3.8) is 0 Å². The van der Waals surface area contributed by atoms with E-state index in [9.17, 15) is 19.2 Å². The lowest BCUT2D eigenvalue weighted by molar-refractivity contribution is -0.128. The van der Waals surface area contributed by atoms with Gasteiger partial charge in [-0.05, 0) is 13.3 Å². The van der Waals surface area contributed by atoms with Gasteiger partial charge in [-0.2, -0.15) is 0 Å². The highest BCUT2D eigenvalue weighted by molar-refractivity contribution is 5.78. The van der Waals surface area contributed by atoms with E-state index in [4.69, 9.17) is 37.9 Å². The van der Waals surface area contributed by atoms with Crippen LogP contribution in [0.15, 0.2) is 0 Å². The molecular weight excluding hydrogens is 572 g/mol. The molecule has 4 N–H and O–H groups in total. The van der Waals surface area contributed by atoms with Gasteiger partial charge >= 0.3 is 0 Å². The van der Waals surface area contributed by atoms with Gasteiger partial charge in [-0.25, -0.2) is 0 Å². The average Bonchev–Trinajstić information content (AvgIpc) is 2.99. The molecule has 0 rings (SSSR count). The van der Waals surface area contributed by atoms with E-state index < -0.39 is 0 Å². The van der Waals surface area contributed by atoms with Crippen LogP contribution in [-0.4, -0.2) is 156 Å². The van der Waals surface area contributed by atoms with Crippen molar-refractivity contribution >= 4 is 23.6 Å². The number of likely N-dealkylation sites (N-methyl/N-ethyl adjacent to an activating group) is 1. The summed E-state index contributed by atoms with van der Waals surface area (Å²) in [5, 5.41) is 10.6. The Kier molecular flexibility index (Phi) is 30.6. The molecule has 0 aliphatic rings. The summed E-state index contributed by atoms with van der Waals surface area (Å²) in [7, 11) is 0. The van der Waals surface area contributed by atoms with Crippen LogP contribution in [0.2, 0.25) is 0 Å². The third kappa shape index (κ3) is 32.3. The number of hydrogen-bond acceptors (Lipinski definition) is 12. The first-order valence-corrected chi connectivity index (χ1v) is 14.7. The summed E-state index contributed by atoms with van der Waals surface area (Å²) in [4.78, 5) is 46.2. The van der Waals surface area contributed by atoms with E-state index in [2.05, 4.69) is 21.3 Å². The SMILES string of the molecule is CCCOCCOCC(=O)NCCOCCOCC(=O)NCCOCCOCC(=O)NCCOCCOCC(=O)NCC. The molecule has 0 atom stereocenters. The van der Waals surface area contributed by atoms with Gasteiger partial charge in [0.2, 0.25) is 23.6 Å². The molecule has 0 saturated heterocycles. The highest BCUT2D eigenvalue weighted by atomic mass is 16.5. The zero-order chi connectivity index (χ0) is 31.6. The Hall–Kier alpha value is -2.44. The molecule has 16 nitrogen and oxygen atoms in total. The maximum atomic E-state index is 11.7. The summed E-state index contributed by atoms with van der Waals surface area (Å²) in [5.41, 5.74) is 0. The van der Waals surface area contributed by atoms with Crippen molar-refractivity contribution in [3.8, 4) is 0 Å². The largest absolute Gasteiger partial charge is 0.379 e. The summed E-state index contributed by atoms with van der Waals surface area (Å²) in [6, 6.07) is 0. The molecule has 0 spiro atoms. The van der Waals surface area contributed by atoms with Crippen molar-refractivity contribution in [3.05, 3.63) is 0 Å². The second-order valence-electron chi connectivity index (χ2n) is 8.66. The van der Waals surface area contributed by atoms with E-state index in [1.165, 1.54) is 0 Å². The van der Waals surface area contributed by atoms with Gasteiger partial charge in [0.1, 0.15) is 26.4 Å². The highest BCUT2D eigenvalue weighted by Crippen LogP contribution is 1.85. The predicted molar refractivity (Wildman–Crippen MR) is 155 cm³/mol. The summed E-state index contributed by atoms with van der Waals surface area (Å²) < 4.78 is 42.0. The van der Waals surface area contributed by atoms with Crippen LogP contribution in [0.3, 0.4) is 0 Å². The quantitative estimate of drug-likeness (QED) is 0.0604. The standard InChI is InChI=1S/C27H52N4O12/c1-3-8-36-12-16-41-21-25(33)29-6-10-38-14-18-43-23-27(35)31-7-11-39-15-19-42-22-26(34)30-5-9-37-13-17-40-20-24(32)28-4-2/h3-23H2,1-2H3,(H,28,32)(H,29,33)(H,30,34)(H,31,35). The maximum Gasteiger partial charge on any atom is 0.246 e. The van der Waals surface area contributed by atoms with Crippen molar-refractivity contribution in [2.75, 3.05) is 132 Å². The Bertz CT molecular complexity index is 703. The Labute approximate surface area is 254 Å². The molecule has 252 valence electrons. The predicted octanol–water partition coefficient (Wildman–Crippen LogP) is -1.99. The zero-order valence-electron chi connectivity index (χ0n) is 25.7. The van der Waals surface area contributed by atoms with E-state index in [0.29, 0.717) is 79.0 Å². The Balaban J connectivity index is 3.34. The van der Waals surface area contributed by atoms with Crippen molar-refractivity contribution in [2.24, 2.45) is 0 Å². The van der Waals surface area contributed by atoms with Gasteiger partial charge in [-0.3, -0.25) is 19.2 Å². The fourth-order valence-corrected chi connectivity index (χ4v) is 2.87. The normalized spacial score (nSPS) is 10.8. The fraction of sp³-hybridized carbons (Fsp3) is 0.852. The summed E-state index contributed by atoms with van der Waals surface area (Å²) in [6.45, 7) is 9.28. The molecule has 0 fully saturated rings. The molecule has 0 aromatic heterocycles. The van der Waals surface area contributed by atoms with Crippen LogP contribution >= 0.6 is 0 Å². The maximum absolute atomic E-state index is 11.7. The van der Waals surface area contributed by atoms with Crippen molar-refractivity contribution in [1.82, 2.24) is 21.3 Å². The minimum atomic E-state index is -0.278. The molecule has 0 unspecified atom stereocenters. The third-order valence-corrected chi connectivity index (χ3v) is 4.85. The third-order valence-electron chi connectivity index (χ3n) is 4.85. The first-order valence-electron chi connectivity index (χ1n) is 14.7. The Morgan fingerprint density at radius 3 is 0.953 bits per heavy atom. The van der Waals surface area contributed by atoms with Crippen molar-refractivity contribution in [2.45, 2.75) is 20.3 Å². The van der Waals surface area contributed by atoms with Crippen LogP contribution in [0.25, 0.3) is 0 Å². The van der Waals surface area contributed by atoms with E-state index in [1.807, 2.05) is 13.8 Å². The topological polar surface area (TPSA) is 190 Å². The number of hydrogen-bond donors (Lipinski definition) is 4. The summed E-state index contributed by atoms with van der Waals surface area (Å²) in [6.07, 6.45) is 0.944. The van der Waals surface area contributed by atoms with Gasteiger partial charge in [0.15, 0.2) is 0 Å². The van der Waals surface area contributed by atoms with Crippen LogP contribution in [0.4, 0.5) is 0 Å². The van der Waals surface area contributed by atoms with Gasteiger partial charge in [-0.1, -0.05) is 6.92 Å². The van der Waals surface area contributed by atoms with E-state index in [0.717, 1.165) is 6.42 Å². The number of amides is 4. The van der Waals surface area contributed by atoms with Gasteiger partial charge in [0.25, 0.3) is 0 Å². The van der Waals surface area contributed by atoms with Gasteiger partial charge in [0.05, 0.1) is 72.7 Å². The zero-order valence-corrected chi connectivity index (χ0v) is 25.7. The summed E-state index contributed by atoms with van der Waals surface area (Å²) in [5.74, 6) is -0.943. The highest BCUT2D eigenvalue weighted by Gasteiger charge is 2.04. The molecule has 16 heteroatoms. The average molecular weight is 625 g/mol. The second kappa shape index (κ2) is 32.5. The lowest BCUT2D eigenvalue weighted by Gasteiger charge is -2.09. The van der Waals surface area contributed by atoms with Crippen molar-refractivity contribution in [1.29, 1.82) is 0 Å². The smallest absolute Gasteiger partial charge is 0.246 e. The minimum Gasteiger partial charge on any atom is -0.379 e. The van der Waals surface area contributed by atoms with Crippen LogP contribution in [0.5, 0.6) is 0 Å². The molecule has 0 radical (unpaired) electrons. The lowest BCUT2D eigenvalue weighted by atomic mass is 10.5. The minimum absolute atomic E-state index is 0.00476. The Morgan fingerprint density at radius 1 is 0.372 bits per heavy atom. The number of rotatable bonds is 32. The number of carbonyl (C=O) groups is 4. The van der Waals surface area contributed by atoms with E-state index >= 15 is 0 Å². The number of ether oxygens (including phenoxy) is 8. The number of carbonyl (C=O) groups excluding carboxylic acids is 4. The van der Waals surface area contributed by atoms with Crippen molar-refractivity contribution < 1.29 is 57.1 Å². The van der Waals surface area contributed by atoms with Gasteiger partial charge in [0, 0.05) is 32.8 Å². The fourth-order valence-electron chi connectivity index (χ4n) is 2.87. The first-order chi connectivity index (χ1) is 21.0. The monoisotopic (exact) mass is 624 g/mol. The molecule has 0 heterocycles. The summed E-state index contributed by atoms with van der Waals surface area (Å²) >= 11 is 0. The molecule has 43 heavy (non-hydrogen) atoms. The Morgan fingerprint density at radius 2 is 0.651 bits per heavy atom. The molecule has 0 aromatic rings. The molecule has 4 amide bonds. The van der Waals surface area contributed by atoms with Crippen LogP contribution in [0, 0.1) is 0 Å². The molecular formula is C27H52N4O12. The first kappa shape index (κ1) is 40.6. The molecule has 0 aliphatic heterocycles.